The molecule has 6 nitrogen and oxygen atoms in total. The number of rotatable bonds is 9. The number of hydrogen-bond donors (Lipinski definition) is 3. The molecular formula is C30H30Cl2N2O4. The fraction of sp³-hybridized carbons (Fsp3) is 0.300. The third-order valence-corrected chi connectivity index (χ3v) is 7.75. The van der Waals surface area contributed by atoms with Crippen molar-refractivity contribution >= 4 is 46.7 Å². The molecule has 1 atom stereocenters. The molecule has 0 bridgehead atoms. The summed E-state index contributed by atoms with van der Waals surface area (Å²) in [4.78, 5) is 38.3. The highest BCUT2D eigenvalue weighted by Crippen LogP contribution is 2.39. The summed E-state index contributed by atoms with van der Waals surface area (Å²) in [5.41, 5.74) is 1.87. The lowest BCUT2D eigenvalue weighted by Crippen LogP contribution is -2.51. The summed E-state index contributed by atoms with van der Waals surface area (Å²) in [6, 6.07) is 20.5. The molecule has 0 aliphatic heterocycles. The molecule has 3 aromatic rings. The van der Waals surface area contributed by atoms with Gasteiger partial charge in [-0.1, -0.05) is 91.0 Å². The van der Waals surface area contributed by atoms with Crippen LogP contribution in [0.15, 0.2) is 72.8 Å². The van der Waals surface area contributed by atoms with Crippen molar-refractivity contribution in [2.75, 3.05) is 5.32 Å². The Labute approximate surface area is 232 Å². The fourth-order valence-electron chi connectivity index (χ4n) is 5.08. The molecule has 4 rings (SSSR count). The zero-order valence-electron chi connectivity index (χ0n) is 20.9. The maximum absolute atomic E-state index is 13.6. The number of halogens is 2. The number of hydrogen-bond acceptors (Lipinski definition) is 3. The number of carboxylic acids is 1. The van der Waals surface area contributed by atoms with Gasteiger partial charge in [0, 0.05) is 12.1 Å². The second-order valence-electron chi connectivity index (χ2n) is 9.82. The van der Waals surface area contributed by atoms with Crippen molar-refractivity contribution in [2.45, 2.75) is 51.0 Å². The molecule has 198 valence electrons. The second kappa shape index (κ2) is 12.5. The van der Waals surface area contributed by atoms with Crippen LogP contribution >= 0.6 is 23.2 Å². The van der Waals surface area contributed by atoms with E-state index in [1.54, 1.807) is 42.5 Å². The van der Waals surface area contributed by atoms with Gasteiger partial charge in [0.2, 0.25) is 5.91 Å². The van der Waals surface area contributed by atoms with E-state index >= 15 is 0 Å². The largest absolute Gasteiger partial charge is 0.480 e. The molecule has 1 fully saturated rings. The molecule has 0 heterocycles. The summed E-state index contributed by atoms with van der Waals surface area (Å²) in [5, 5.41) is 16.0. The Morgan fingerprint density at radius 2 is 1.45 bits per heavy atom. The second-order valence-corrected chi connectivity index (χ2v) is 10.6. The van der Waals surface area contributed by atoms with Crippen LogP contribution in [0.4, 0.5) is 5.69 Å². The predicted octanol–water partition coefficient (Wildman–Crippen LogP) is 6.55. The van der Waals surface area contributed by atoms with Crippen LogP contribution in [-0.4, -0.2) is 28.9 Å². The van der Waals surface area contributed by atoms with E-state index < -0.39 is 23.3 Å². The van der Waals surface area contributed by atoms with Crippen molar-refractivity contribution in [3.63, 3.8) is 0 Å². The molecule has 38 heavy (non-hydrogen) atoms. The summed E-state index contributed by atoms with van der Waals surface area (Å²) >= 11 is 12.2. The Bertz CT molecular complexity index is 1270. The van der Waals surface area contributed by atoms with Gasteiger partial charge in [0.05, 0.1) is 21.0 Å². The average molecular weight is 553 g/mol. The molecule has 0 spiro atoms. The Hall–Kier alpha value is -3.35. The first-order valence-corrected chi connectivity index (χ1v) is 13.4. The van der Waals surface area contributed by atoms with E-state index in [-0.39, 0.29) is 27.9 Å². The van der Waals surface area contributed by atoms with Crippen LogP contribution in [0.5, 0.6) is 0 Å². The van der Waals surface area contributed by atoms with Gasteiger partial charge >= 0.3 is 5.97 Å². The number of nitrogens with one attached hydrogen (secondary N) is 2. The first kappa shape index (κ1) is 27.7. The predicted molar refractivity (Wildman–Crippen MR) is 150 cm³/mol. The van der Waals surface area contributed by atoms with Crippen LogP contribution in [0.25, 0.3) is 0 Å². The van der Waals surface area contributed by atoms with Gasteiger partial charge in [0.25, 0.3) is 5.91 Å². The SMILES string of the molecule is O=C(Nc1ccc(C[C@H](NC(=O)C2(Cc3ccccc3)CCCCC2)C(=O)O)cc1)c1c(Cl)cccc1Cl. The van der Waals surface area contributed by atoms with E-state index in [0.29, 0.717) is 17.7 Å². The number of carbonyl (C=O) groups is 3. The average Bonchev–Trinajstić information content (AvgIpc) is 2.90. The third kappa shape index (κ3) is 6.74. The van der Waals surface area contributed by atoms with Crippen molar-refractivity contribution in [3.05, 3.63) is 99.5 Å². The summed E-state index contributed by atoms with van der Waals surface area (Å²) < 4.78 is 0. The van der Waals surface area contributed by atoms with Crippen molar-refractivity contribution < 1.29 is 19.5 Å². The zero-order chi connectivity index (χ0) is 27.1. The lowest BCUT2D eigenvalue weighted by atomic mass is 9.69. The molecular weight excluding hydrogens is 523 g/mol. The Kier molecular flexibility index (Phi) is 9.08. The fourth-order valence-corrected chi connectivity index (χ4v) is 5.65. The number of benzene rings is 3. The first-order chi connectivity index (χ1) is 18.3. The van der Waals surface area contributed by atoms with Gasteiger partial charge in [0.1, 0.15) is 6.04 Å². The Morgan fingerprint density at radius 3 is 2.05 bits per heavy atom. The van der Waals surface area contributed by atoms with Gasteiger partial charge in [-0.15, -0.1) is 0 Å². The molecule has 3 aromatic carbocycles. The normalized spacial score (nSPS) is 15.3. The van der Waals surface area contributed by atoms with E-state index in [1.165, 1.54) is 0 Å². The molecule has 2 amide bonds. The third-order valence-electron chi connectivity index (χ3n) is 7.12. The maximum atomic E-state index is 13.6. The molecule has 0 unspecified atom stereocenters. The van der Waals surface area contributed by atoms with E-state index in [2.05, 4.69) is 10.6 Å². The number of amides is 2. The van der Waals surface area contributed by atoms with Gasteiger partial charge < -0.3 is 15.7 Å². The number of anilines is 1. The molecule has 0 radical (unpaired) electrons. The first-order valence-electron chi connectivity index (χ1n) is 12.7. The van der Waals surface area contributed by atoms with Crippen molar-refractivity contribution in [1.82, 2.24) is 5.32 Å². The Balaban J connectivity index is 1.44. The van der Waals surface area contributed by atoms with E-state index in [4.69, 9.17) is 23.2 Å². The minimum absolute atomic E-state index is 0.118. The topological polar surface area (TPSA) is 95.5 Å². The molecule has 8 heteroatoms. The zero-order valence-corrected chi connectivity index (χ0v) is 22.4. The summed E-state index contributed by atoms with van der Waals surface area (Å²) in [6.45, 7) is 0. The molecule has 1 aliphatic rings. The van der Waals surface area contributed by atoms with E-state index in [1.807, 2.05) is 30.3 Å². The quantitative estimate of drug-likeness (QED) is 0.280. The van der Waals surface area contributed by atoms with Crippen LogP contribution in [0.1, 0.15) is 53.6 Å². The van der Waals surface area contributed by atoms with Crippen LogP contribution in [0.3, 0.4) is 0 Å². The van der Waals surface area contributed by atoms with Crippen LogP contribution in [0.2, 0.25) is 10.0 Å². The van der Waals surface area contributed by atoms with E-state index in [0.717, 1.165) is 37.7 Å². The number of carboxylic acid groups (broad SMARTS) is 1. The molecule has 0 aromatic heterocycles. The molecule has 0 saturated heterocycles. The number of carbonyl (C=O) groups excluding carboxylic acids is 2. The van der Waals surface area contributed by atoms with Crippen LogP contribution in [0, 0.1) is 5.41 Å². The maximum Gasteiger partial charge on any atom is 0.326 e. The van der Waals surface area contributed by atoms with Gasteiger partial charge in [0.15, 0.2) is 0 Å². The van der Waals surface area contributed by atoms with Gasteiger partial charge in [-0.3, -0.25) is 9.59 Å². The van der Waals surface area contributed by atoms with Gasteiger partial charge in [-0.2, -0.15) is 0 Å². The highest BCUT2D eigenvalue weighted by molar-refractivity contribution is 6.40. The molecule has 3 N–H and O–H groups in total. The van der Waals surface area contributed by atoms with Crippen LogP contribution in [-0.2, 0) is 22.4 Å². The smallest absolute Gasteiger partial charge is 0.326 e. The van der Waals surface area contributed by atoms with Gasteiger partial charge in [-0.25, -0.2) is 4.79 Å². The summed E-state index contributed by atoms with van der Waals surface area (Å²) in [7, 11) is 0. The lowest BCUT2D eigenvalue weighted by molar-refractivity contribution is -0.144. The number of aliphatic carboxylic acids is 1. The summed E-state index contributed by atoms with van der Waals surface area (Å²) in [6.07, 6.45) is 5.17. The monoisotopic (exact) mass is 552 g/mol. The minimum Gasteiger partial charge on any atom is -0.480 e. The van der Waals surface area contributed by atoms with Gasteiger partial charge in [-0.05, 0) is 54.7 Å². The summed E-state index contributed by atoms with van der Waals surface area (Å²) in [5.74, 6) is -1.73. The van der Waals surface area contributed by atoms with Crippen molar-refractivity contribution in [2.24, 2.45) is 5.41 Å². The highest BCUT2D eigenvalue weighted by atomic mass is 35.5. The Morgan fingerprint density at radius 1 is 0.816 bits per heavy atom. The van der Waals surface area contributed by atoms with E-state index in [9.17, 15) is 19.5 Å². The molecule has 1 aliphatic carbocycles. The lowest BCUT2D eigenvalue weighted by Gasteiger charge is -2.37. The van der Waals surface area contributed by atoms with Crippen molar-refractivity contribution in [3.8, 4) is 0 Å². The highest BCUT2D eigenvalue weighted by Gasteiger charge is 2.41. The van der Waals surface area contributed by atoms with Crippen molar-refractivity contribution in [1.29, 1.82) is 0 Å². The minimum atomic E-state index is -1.09. The standard InChI is InChI=1S/C30H30Cl2N2O4/c31-23-10-7-11-24(32)26(23)27(35)33-22-14-12-20(13-15-22)18-25(28(36)37)34-29(38)30(16-5-2-6-17-30)19-21-8-3-1-4-9-21/h1,3-4,7-15,25H,2,5-6,16-19H2,(H,33,35)(H,34,38)(H,36,37)/t25-/m0/s1. The van der Waals surface area contributed by atoms with Crippen LogP contribution < -0.4 is 10.6 Å². The molecule has 1 saturated carbocycles.